The number of halogens is 1. The number of furan rings is 1. The number of nitrogens with one attached hydrogen (secondary N) is 2. The Morgan fingerprint density at radius 1 is 1.23 bits per heavy atom. The molecule has 0 bridgehead atoms. The van der Waals surface area contributed by atoms with Crippen molar-refractivity contribution in [3.05, 3.63) is 59.9 Å². The van der Waals surface area contributed by atoms with Crippen molar-refractivity contribution in [1.82, 2.24) is 20.0 Å². The van der Waals surface area contributed by atoms with E-state index in [0.717, 1.165) is 49.0 Å². The molecule has 0 saturated heterocycles. The Balaban J connectivity index is 0.00000243. The SMILES string of the molecule is CCNC(=NCCc1ccco1)NCCc1cn2cccc(C)c2n1.I. The Kier molecular flexibility index (Phi) is 7.96. The molecule has 0 aliphatic carbocycles. The number of hydrogen-bond donors (Lipinski definition) is 2. The minimum Gasteiger partial charge on any atom is -0.469 e. The molecule has 3 heterocycles. The zero-order chi connectivity index (χ0) is 17.5. The van der Waals surface area contributed by atoms with Crippen LogP contribution in [0.3, 0.4) is 0 Å². The summed E-state index contributed by atoms with van der Waals surface area (Å²) in [5.41, 5.74) is 3.29. The molecule has 3 aromatic rings. The van der Waals surface area contributed by atoms with E-state index in [4.69, 9.17) is 9.40 Å². The molecule has 26 heavy (non-hydrogen) atoms. The number of aryl methyl sites for hydroxylation is 1. The molecule has 0 saturated carbocycles. The molecule has 0 aliphatic rings. The molecule has 0 atom stereocenters. The highest BCUT2D eigenvalue weighted by atomic mass is 127. The average Bonchev–Trinajstić information content (AvgIpc) is 3.25. The Morgan fingerprint density at radius 2 is 2.12 bits per heavy atom. The predicted molar refractivity (Wildman–Crippen MR) is 115 cm³/mol. The van der Waals surface area contributed by atoms with Crippen LogP contribution in [0.4, 0.5) is 0 Å². The smallest absolute Gasteiger partial charge is 0.191 e. The van der Waals surface area contributed by atoms with E-state index >= 15 is 0 Å². The van der Waals surface area contributed by atoms with Crippen LogP contribution in [0.1, 0.15) is 23.9 Å². The number of fused-ring (bicyclic) bond motifs is 1. The summed E-state index contributed by atoms with van der Waals surface area (Å²) in [6, 6.07) is 8.00. The maximum atomic E-state index is 5.33. The van der Waals surface area contributed by atoms with Gasteiger partial charge in [0.15, 0.2) is 5.96 Å². The molecule has 0 amide bonds. The molecular weight excluding hydrogens is 441 g/mol. The van der Waals surface area contributed by atoms with Gasteiger partial charge in [0.2, 0.25) is 0 Å². The first-order valence-corrected chi connectivity index (χ1v) is 8.74. The first-order valence-electron chi connectivity index (χ1n) is 8.74. The molecule has 0 spiro atoms. The molecular formula is C19H26IN5O. The maximum Gasteiger partial charge on any atom is 0.191 e. The summed E-state index contributed by atoms with van der Waals surface area (Å²) < 4.78 is 7.41. The van der Waals surface area contributed by atoms with Gasteiger partial charge in [-0.25, -0.2) is 4.98 Å². The highest BCUT2D eigenvalue weighted by molar-refractivity contribution is 14.0. The number of hydrogen-bond acceptors (Lipinski definition) is 3. The number of rotatable bonds is 7. The molecule has 6 nitrogen and oxygen atoms in total. The van der Waals surface area contributed by atoms with Crippen LogP contribution in [-0.4, -0.2) is 35.0 Å². The van der Waals surface area contributed by atoms with Crippen molar-refractivity contribution in [2.24, 2.45) is 4.99 Å². The monoisotopic (exact) mass is 467 g/mol. The quantitative estimate of drug-likeness (QED) is 0.318. The van der Waals surface area contributed by atoms with Crippen LogP contribution in [0.5, 0.6) is 0 Å². The van der Waals surface area contributed by atoms with Crippen molar-refractivity contribution in [1.29, 1.82) is 0 Å². The second kappa shape index (κ2) is 10.2. The zero-order valence-electron chi connectivity index (χ0n) is 15.2. The van der Waals surface area contributed by atoms with Gasteiger partial charge in [-0.15, -0.1) is 24.0 Å². The number of aromatic nitrogens is 2. The Morgan fingerprint density at radius 3 is 2.85 bits per heavy atom. The lowest BCUT2D eigenvalue weighted by Crippen LogP contribution is -2.38. The molecule has 3 rings (SSSR count). The summed E-state index contributed by atoms with van der Waals surface area (Å²) in [6.07, 6.45) is 7.47. The van der Waals surface area contributed by atoms with Crippen LogP contribution in [-0.2, 0) is 12.8 Å². The fourth-order valence-corrected chi connectivity index (χ4v) is 2.71. The van der Waals surface area contributed by atoms with Gasteiger partial charge < -0.3 is 19.5 Å². The van der Waals surface area contributed by atoms with Gasteiger partial charge in [0.25, 0.3) is 0 Å². The van der Waals surface area contributed by atoms with Gasteiger partial charge in [-0.1, -0.05) is 6.07 Å². The van der Waals surface area contributed by atoms with Crippen LogP contribution in [0, 0.1) is 6.92 Å². The van der Waals surface area contributed by atoms with Crippen molar-refractivity contribution >= 4 is 35.6 Å². The number of guanidine groups is 1. The topological polar surface area (TPSA) is 66.9 Å². The molecule has 0 fully saturated rings. The van der Waals surface area contributed by atoms with Crippen LogP contribution in [0.15, 0.2) is 52.3 Å². The third kappa shape index (κ3) is 5.48. The van der Waals surface area contributed by atoms with E-state index in [1.165, 1.54) is 5.56 Å². The van der Waals surface area contributed by atoms with Crippen LogP contribution in [0.2, 0.25) is 0 Å². The highest BCUT2D eigenvalue weighted by Gasteiger charge is 2.04. The zero-order valence-corrected chi connectivity index (χ0v) is 17.6. The Hall–Kier alpha value is -2.03. The van der Waals surface area contributed by atoms with Crippen molar-refractivity contribution < 1.29 is 4.42 Å². The van der Waals surface area contributed by atoms with Crippen LogP contribution in [0.25, 0.3) is 5.65 Å². The second-order valence-corrected chi connectivity index (χ2v) is 5.92. The van der Waals surface area contributed by atoms with Gasteiger partial charge in [-0.3, -0.25) is 4.99 Å². The molecule has 0 aromatic carbocycles. The molecule has 0 aliphatic heterocycles. The van der Waals surface area contributed by atoms with E-state index in [1.54, 1.807) is 6.26 Å². The van der Waals surface area contributed by atoms with Gasteiger partial charge in [0.1, 0.15) is 11.4 Å². The summed E-state index contributed by atoms with van der Waals surface area (Å²) in [4.78, 5) is 9.29. The lowest BCUT2D eigenvalue weighted by Gasteiger charge is -2.10. The fraction of sp³-hybridized carbons (Fsp3) is 0.368. The normalized spacial score (nSPS) is 11.4. The summed E-state index contributed by atoms with van der Waals surface area (Å²) in [5, 5.41) is 6.63. The van der Waals surface area contributed by atoms with Crippen molar-refractivity contribution in [3.63, 3.8) is 0 Å². The van der Waals surface area contributed by atoms with Crippen LogP contribution < -0.4 is 10.6 Å². The predicted octanol–water partition coefficient (Wildman–Crippen LogP) is 3.19. The van der Waals surface area contributed by atoms with E-state index < -0.39 is 0 Å². The molecule has 7 heteroatoms. The molecule has 0 unspecified atom stereocenters. The van der Waals surface area contributed by atoms with Gasteiger partial charge in [-0.05, 0) is 37.6 Å². The Bertz CT molecular complexity index is 826. The van der Waals surface area contributed by atoms with E-state index in [9.17, 15) is 0 Å². The standard InChI is InChI=1S/C19H25N5O.HI/c1-3-20-19(22-11-9-17-7-5-13-25-17)21-10-8-16-14-24-12-4-6-15(2)18(24)23-16;/h4-7,12-14H,3,8-11H2,1-2H3,(H2,20,21,22);1H. The molecule has 3 aromatic heterocycles. The number of nitrogens with zero attached hydrogens (tertiary/aromatic N) is 3. The first kappa shape index (κ1) is 20.3. The van der Waals surface area contributed by atoms with E-state index in [0.29, 0.717) is 6.54 Å². The third-order valence-electron chi connectivity index (χ3n) is 3.95. The number of pyridine rings is 1. The van der Waals surface area contributed by atoms with Crippen LogP contribution >= 0.6 is 24.0 Å². The average molecular weight is 467 g/mol. The molecule has 2 N–H and O–H groups in total. The van der Waals surface area contributed by atoms with E-state index in [2.05, 4.69) is 46.1 Å². The van der Waals surface area contributed by atoms with Gasteiger partial charge in [0.05, 0.1) is 12.0 Å². The number of aliphatic imine (C=N–C) groups is 1. The summed E-state index contributed by atoms with van der Waals surface area (Å²) in [5.74, 6) is 1.79. The highest BCUT2D eigenvalue weighted by Crippen LogP contribution is 2.10. The van der Waals surface area contributed by atoms with Gasteiger partial charge >= 0.3 is 0 Å². The number of imidazole rings is 1. The lowest BCUT2D eigenvalue weighted by molar-refractivity contribution is 0.510. The van der Waals surface area contributed by atoms with Gasteiger partial charge in [0, 0.05) is 44.9 Å². The van der Waals surface area contributed by atoms with Crippen molar-refractivity contribution in [2.75, 3.05) is 19.6 Å². The molecule has 140 valence electrons. The largest absolute Gasteiger partial charge is 0.469 e. The van der Waals surface area contributed by atoms with Crippen molar-refractivity contribution in [3.8, 4) is 0 Å². The summed E-state index contributed by atoms with van der Waals surface area (Å²) >= 11 is 0. The third-order valence-corrected chi connectivity index (χ3v) is 3.95. The molecule has 0 radical (unpaired) electrons. The van der Waals surface area contributed by atoms with E-state index in [-0.39, 0.29) is 24.0 Å². The second-order valence-electron chi connectivity index (χ2n) is 5.92. The Labute approximate surface area is 171 Å². The first-order chi connectivity index (χ1) is 12.3. The maximum absolute atomic E-state index is 5.33. The fourth-order valence-electron chi connectivity index (χ4n) is 2.71. The van der Waals surface area contributed by atoms with E-state index in [1.807, 2.05) is 24.4 Å². The minimum absolute atomic E-state index is 0. The summed E-state index contributed by atoms with van der Waals surface area (Å²) in [6.45, 7) is 6.46. The van der Waals surface area contributed by atoms with Gasteiger partial charge in [-0.2, -0.15) is 0 Å². The minimum atomic E-state index is 0. The lowest BCUT2D eigenvalue weighted by atomic mass is 10.3. The van der Waals surface area contributed by atoms with Crippen molar-refractivity contribution in [2.45, 2.75) is 26.7 Å². The summed E-state index contributed by atoms with van der Waals surface area (Å²) in [7, 11) is 0.